The predicted octanol–water partition coefficient (Wildman–Crippen LogP) is 4.22. The van der Waals surface area contributed by atoms with Crippen molar-refractivity contribution in [3.05, 3.63) is 35.1 Å². The lowest BCUT2D eigenvalue weighted by Crippen LogP contribution is -2.30. The van der Waals surface area contributed by atoms with E-state index in [1.807, 2.05) is 6.07 Å². The van der Waals surface area contributed by atoms with E-state index in [-0.39, 0.29) is 5.82 Å². The molecule has 100 valence electrons. The molecule has 0 amide bonds. The number of hydrogen-bond donors (Lipinski definition) is 1. The summed E-state index contributed by atoms with van der Waals surface area (Å²) in [5.41, 5.74) is 2.34. The predicted molar refractivity (Wildman–Crippen MR) is 74.1 cm³/mol. The molecule has 1 N–H and O–H groups in total. The van der Waals surface area contributed by atoms with Crippen molar-refractivity contribution in [2.24, 2.45) is 11.8 Å². The summed E-state index contributed by atoms with van der Waals surface area (Å²) in [6.07, 6.45) is 3.87. The molecule has 1 aromatic rings. The van der Waals surface area contributed by atoms with Crippen LogP contribution in [0.4, 0.5) is 4.39 Å². The molecule has 3 atom stereocenters. The van der Waals surface area contributed by atoms with Crippen LogP contribution in [-0.4, -0.2) is 6.54 Å². The van der Waals surface area contributed by atoms with Gasteiger partial charge in [0.05, 0.1) is 0 Å². The van der Waals surface area contributed by atoms with Crippen LogP contribution in [0.15, 0.2) is 18.2 Å². The Morgan fingerprint density at radius 3 is 2.78 bits per heavy atom. The van der Waals surface area contributed by atoms with Crippen LogP contribution >= 0.6 is 0 Å². The quantitative estimate of drug-likeness (QED) is 0.842. The second kappa shape index (κ2) is 5.83. The Hall–Kier alpha value is -0.890. The molecule has 1 nitrogen and oxygen atoms in total. The van der Waals surface area contributed by atoms with Gasteiger partial charge in [0.15, 0.2) is 0 Å². The Morgan fingerprint density at radius 2 is 2.17 bits per heavy atom. The summed E-state index contributed by atoms with van der Waals surface area (Å²) in [6.45, 7) is 7.47. The largest absolute Gasteiger partial charge is 0.310 e. The lowest BCUT2D eigenvalue weighted by molar-refractivity contribution is 0.304. The van der Waals surface area contributed by atoms with E-state index >= 15 is 0 Å². The Morgan fingerprint density at radius 1 is 1.39 bits per heavy atom. The molecule has 0 heterocycles. The summed E-state index contributed by atoms with van der Waals surface area (Å²) in [5, 5.41) is 3.57. The molecule has 18 heavy (non-hydrogen) atoms. The molecule has 0 bridgehead atoms. The average Bonchev–Trinajstić information content (AvgIpc) is 2.76. The molecule has 0 aliphatic heterocycles. The van der Waals surface area contributed by atoms with Crippen LogP contribution in [0.3, 0.4) is 0 Å². The van der Waals surface area contributed by atoms with Crippen molar-refractivity contribution >= 4 is 0 Å². The molecular weight excluding hydrogens is 225 g/mol. The number of benzene rings is 1. The van der Waals surface area contributed by atoms with Gasteiger partial charge < -0.3 is 5.32 Å². The average molecular weight is 249 g/mol. The van der Waals surface area contributed by atoms with Crippen LogP contribution in [0.25, 0.3) is 0 Å². The highest BCUT2D eigenvalue weighted by Gasteiger charge is 2.32. The van der Waals surface area contributed by atoms with Crippen molar-refractivity contribution in [1.29, 1.82) is 0 Å². The van der Waals surface area contributed by atoms with Gasteiger partial charge >= 0.3 is 0 Å². The summed E-state index contributed by atoms with van der Waals surface area (Å²) in [4.78, 5) is 0. The molecule has 0 aromatic heterocycles. The highest BCUT2D eigenvalue weighted by Crippen LogP contribution is 2.40. The van der Waals surface area contributed by atoms with Crippen molar-refractivity contribution < 1.29 is 4.39 Å². The van der Waals surface area contributed by atoms with Gasteiger partial charge in [0, 0.05) is 6.04 Å². The second-order valence-corrected chi connectivity index (χ2v) is 5.61. The van der Waals surface area contributed by atoms with Gasteiger partial charge in [-0.05, 0) is 55.0 Å². The molecule has 1 saturated carbocycles. The third kappa shape index (κ3) is 2.74. The lowest BCUT2D eigenvalue weighted by atomic mass is 9.84. The first kappa shape index (κ1) is 13.5. The number of halogens is 1. The van der Waals surface area contributed by atoms with Gasteiger partial charge in [-0.25, -0.2) is 4.39 Å². The second-order valence-electron chi connectivity index (χ2n) is 5.61. The summed E-state index contributed by atoms with van der Waals surface area (Å²) < 4.78 is 13.5. The van der Waals surface area contributed by atoms with Crippen LogP contribution in [0.1, 0.15) is 50.3 Å². The van der Waals surface area contributed by atoms with Gasteiger partial charge in [-0.2, -0.15) is 0 Å². The Kier molecular flexibility index (Phi) is 4.39. The maximum Gasteiger partial charge on any atom is 0.123 e. The first-order chi connectivity index (χ1) is 8.63. The van der Waals surface area contributed by atoms with Gasteiger partial charge in [0.2, 0.25) is 0 Å². The fourth-order valence-corrected chi connectivity index (χ4v) is 3.33. The first-order valence-electron chi connectivity index (χ1n) is 7.13. The van der Waals surface area contributed by atoms with Crippen LogP contribution in [-0.2, 0) is 0 Å². The number of aryl methyl sites for hydroxylation is 1. The maximum atomic E-state index is 13.5. The smallest absolute Gasteiger partial charge is 0.123 e. The monoisotopic (exact) mass is 249 g/mol. The SMILES string of the molecule is CCNC(c1cc(F)ccc1C)C1CCCC1C. The topological polar surface area (TPSA) is 12.0 Å². The van der Waals surface area contributed by atoms with E-state index in [9.17, 15) is 4.39 Å². The summed E-state index contributed by atoms with van der Waals surface area (Å²) in [7, 11) is 0. The van der Waals surface area contributed by atoms with E-state index in [0.29, 0.717) is 12.0 Å². The fourth-order valence-electron chi connectivity index (χ4n) is 3.33. The fraction of sp³-hybridized carbons (Fsp3) is 0.625. The van der Waals surface area contributed by atoms with Gasteiger partial charge in [0.1, 0.15) is 5.82 Å². The van der Waals surface area contributed by atoms with E-state index < -0.39 is 0 Å². The Bertz CT molecular complexity index is 402. The van der Waals surface area contributed by atoms with E-state index in [1.165, 1.54) is 24.8 Å². The molecule has 0 spiro atoms. The van der Waals surface area contributed by atoms with E-state index in [1.54, 1.807) is 12.1 Å². The Balaban J connectivity index is 2.31. The third-order valence-corrected chi connectivity index (χ3v) is 4.36. The van der Waals surface area contributed by atoms with Gasteiger partial charge in [0.25, 0.3) is 0 Å². The lowest BCUT2D eigenvalue weighted by Gasteiger charge is -2.29. The molecule has 2 heteroatoms. The minimum Gasteiger partial charge on any atom is -0.310 e. The molecule has 1 aromatic carbocycles. The zero-order valence-corrected chi connectivity index (χ0v) is 11.7. The van der Waals surface area contributed by atoms with E-state index in [0.717, 1.165) is 18.0 Å². The van der Waals surface area contributed by atoms with Gasteiger partial charge in [-0.15, -0.1) is 0 Å². The molecule has 0 radical (unpaired) electrons. The maximum absolute atomic E-state index is 13.5. The zero-order chi connectivity index (χ0) is 13.1. The zero-order valence-electron chi connectivity index (χ0n) is 11.7. The highest BCUT2D eigenvalue weighted by atomic mass is 19.1. The molecule has 2 rings (SSSR count). The summed E-state index contributed by atoms with van der Waals surface area (Å²) >= 11 is 0. The van der Waals surface area contributed by atoms with Crippen LogP contribution in [0.2, 0.25) is 0 Å². The van der Waals surface area contributed by atoms with Crippen molar-refractivity contribution in [1.82, 2.24) is 5.32 Å². The Labute approximate surface area is 110 Å². The summed E-state index contributed by atoms with van der Waals surface area (Å²) in [6, 6.07) is 5.48. The normalized spacial score (nSPS) is 25.3. The first-order valence-corrected chi connectivity index (χ1v) is 7.13. The van der Waals surface area contributed by atoms with Crippen molar-refractivity contribution in [2.75, 3.05) is 6.54 Å². The van der Waals surface area contributed by atoms with Crippen LogP contribution in [0, 0.1) is 24.6 Å². The molecule has 1 aliphatic carbocycles. The molecule has 1 aliphatic rings. The standard InChI is InChI=1S/C16H24FN/c1-4-18-16(14-7-5-6-11(14)2)15-10-13(17)9-8-12(15)3/h8-11,14,16,18H,4-7H2,1-3H3. The number of hydrogen-bond acceptors (Lipinski definition) is 1. The van der Waals surface area contributed by atoms with Crippen molar-refractivity contribution in [3.8, 4) is 0 Å². The molecular formula is C16H24FN. The third-order valence-electron chi connectivity index (χ3n) is 4.36. The minimum absolute atomic E-state index is 0.121. The number of nitrogens with one attached hydrogen (secondary N) is 1. The van der Waals surface area contributed by atoms with E-state index in [4.69, 9.17) is 0 Å². The van der Waals surface area contributed by atoms with Crippen molar-refractivity contribution in [2.45, 2.75) is 46.1 Å². The van der Waals surface area contributed by atoms with Crippen molar-refractivity contribution in [3.63, 3.8) is 0 Å². The van der Waals surface area contributed by atoms with E-state index in [2.05, 4.69) is 26.1 Å². The van der Waals surface area contributed by atoms with Crippen LogP contribution in [0.5, 0.6) is 0 Å². The minimum atomic E-state index is -0.121. The summed E-state index contributed by atoms with van der Waals surface area (Å²) in [5.74, 6) is 1.26. The highest BCUT2D eigenvalue weighted by molar-refractivity contribution is 5.30. The molecule has 1 fully saturated rings. The van der Waals surface area contributed by atoms with Crippen LogP contribution < -0.4 is 5.32 Å². The molecule has 3 unspecified atom stereocenters. The number of rotatable bonds is 4. The molecule has 0 saturated heterocycles. The van der Waals surface area contributed by atoms with Gasteiger partial charge in [-0.1, -0.05) is 32.8 Å². The van der Waals surface area contributed by atoms with Gasteiger partial charge in [-0.3, -0.25) is 0 Å².